The van der Waals surface area contributed by atoms with E-state index in [2.05, 4.69) is 9.62 Å². The van der Waals surface area contributed by atoms with Gasteiger partial charge in [0.2, 0.25) is 0 Å². The summed E-state index contributed by atoms with van der Waals surface area (Å²) >= 11 is 0. The third-order valence-electron chi connectivity index (χ3n) is 0.735. The first-order valence-electron chi connectivity index (χ1n) is 2.84. The number of ether oxygens (including phenoxy) is 1. The number of aliphatic hydroxyl groups excluding tert-OH is 1. The Morgan fingerprint density at radius 3 is 2.22 bits per heavy atom. The molecule has 1 saturated heterocycles. The maximum absolute atomic E-state index is 8.08. The highest BCUT2D eigenvalue weighted by atomic mass is 17.1. The fraction of sp³-hybridized carbons (Fsp3) is 1.00. The normalized spacial score (nSPS) is 22.3. The van der Waals surface area contributed by atoms with Crippen LogP contribution in [-0.4, -0.2) is 36.3 Å². The van der Waals surface area contributed by atoms with E-state index >= 15 is 0 Å². The molecule has 0 aromatic rings. The molecule has 0 aliphatic carbocycles. The number of rotatable bonds is 2. The van der Waals surface area contributed by atoms with Crippen molar-refractivity contribution in [3.05, 3.63) is 0 Å². The molecular weight excluding hydrogens is 124 g/mol. The molecule has 0 aromatic carbocycles. The average molecular weight is 136 g/mol. The van der Waals surface area contributed by atoms with Gasteiger partial charge in [0.05, 0.1) is 19.8 Å². The van der Waals surface area contributed by atoms with Gasteiger partial charge in [-0.15, -0.1) is 0 Å². The second-order valence-electron chi connectivity index (χ2n) is 1.56. The van der Waals surface area contributed by atoms with Gasteiger partial charge >= 0.3 is 0 Å². The van der Waals surface area contributed by atoms with E-state index in [0.29, 0.717) is 6.61 Å². The van der Waals surface area contributed by atoms with Gasteiger partial charge in [-0.3, -0.25) is 5.26 Å². The minimum absolute atomic E-state index is 0.190. The third kappa shape index (κ3) is 7.84. The first-order valence-corrected chi connectivity index (χ1v) is 2.84. The Balaban J connectivity index is 0.000000148. The lowest BCUT2D eigenvalue weighted by Gasteiger charge is -1.73. The molecule has 0 aromatic heterocycles. The topological polar surface area (TPSA) is 62.2 Å². The largest absolute Gasteiger partial charge is 0.394 e. The van der Waals surface area contributed by atoms with Crippen molar-refractivity contribution in [2.45, 2.75) is 13.0 Å². The molecule has 9 heavy (non-hydrogen) atoms. The lowest BCUT2D eigenvalue weighted by Crippen LogP contribution is -1.88. The quantitative estimate of drug-likeness (QED) is 0.315. The molecule has 2 N–H and O–H groups in total. The van der Waals surface area contributed by atoms with Gasteiger partial charge in [0.25, 0.3) is 0 Å². The van der Waals surface area contributed by atoms with Gasteiger partial charge < -0.3 is 9.84 Å². The molecule has 1 aliphatic heterocycles. The summed E-state index contributed by atoms with van der Waals surface area (Å²) in [4.78, 5) is 3.54. The van der Waals surface area contributed by atoms with E-state index in [1.807, 2.05) is 0 Å². The fourth-order valence-corrected chi connectivity index (χ4v) is 0.173. The Morgan fingerprint density at radius 2 is 2.22 bits per heavy atom. The molecule has 1 fully saturated rings. The van der Waals surface area contributed by atoms with Gasteiger partial charge in [0, 0.05) is 0 Å². The van der Waals surface area contributed by atoms with E-state index in [-0.39, 0.29) is 12.7 Å². The van der Waals surface area contributed by atoms with Gasteiger partial charge in [-0.05, 0) is 6.92 Å². The van der Waals surface area contributed by atoms with Crippen LogP contribution in [-0.2, 0) is 9.62 Å². The van der Waals surface area contributed by atoms with Crippen LogP contribution in [0.4, 0.5) is 0 Å². The number of aliphatic hydroxyl groups is 1. The third-order valence-corrected chi connectivity index (χ3v) is 0.735. The zero-order valence-corrected chi connectivity index (χ0v) is 5.41. The summed E-state index contributed by atoms with van der Waals surface area (Å²) in [5.74, 6) is 0. The summed E-state index contributed by atoms with van der Waals surface area (Å²) < 4.78 is 4.61. The molecule has 56 valence electrons. The van der Waals surface area contributed by atoms with Crippen LogP contribution in [0.5, 0.6) is 0 Å². The van der Waals surface area contributed by atoms with Crippen LogP contribution < -0.4 is 0 Å². The van der Waals surface area contributed by atoms with Crippen LogP contribution in [0.2, 0.25) is 0 Å². The molecule has 1 heterocycles. The summed E-state index contributed by atoms with van der Waals surface area (Å²) in [6, 6.07) is 0. The van der Waals surface area contributed by atoms with Crippen LogP contribution in [0.15, 0.2) is 0 Å². The maximum Gasteiger partial charge on any atom is 0.104 e. The van der Waals surface area contributed by atoms with Crippen LogP contribution in [0.1, 0.15) is 6.92 Å². The average Bonchev–Trinajstić information content (AvgIpc) is 2.70. The molecule has 4 nitrogen and oxygen atoms in total. The van der Waals surface area contributed by atoms with E-state index in [4.69, 9.17) is 10.4 Å². The molecule has 0 amide bonds. The van der Waals surface area contributed by atoms with Crippen molar-refractivity contribution >= 4 is 0 Å². The minimum atomic E-state index is 0.190. The highest BCUT2D eigenvalue weighted by Crippen LogP contribution is 2.04. The predicted molar refractivity (Wildman–Crippen MR) is 31.1 cm³/mol. The van der Waals surface area contributed by atoms with Crippen molar-refractivity contribution < 1.29 is 20.0 Å². The van der Waals surface area contributed by atoms with Crippen LogP contribution >= 0.6 is 0 Å². The molecule has 1 unspecified atom stereocenters. The van der Waals surface area contributed by atoms with Crippen molar-refractivity contribution in [3.8, 4) is 0 Å². The van der Waals surface area contributed by atoms with Crippen LogP contribution in [0, 0.1) is 0 Å². The number of hydrogen-bond donors (Lipinski definition) is 2. The van der Waals surface area contributed by atoms with E-state index in [9.17, 15) is 0 Å². The van der Waals surface area contributed by atoms with Gasteiger partial charge in [0.15, 0.2) is 0 Å². The van der Waals surface area contributed by atoms with Gasteiger partial charge in [0.1, 0.15) is 6.10 Å². The van der Waals surface area contributed by atoms with E-state index in [1.165, 1.54) is 0 Å². The van der Waals surface area contributed by atoms with Gasteiger partial charge in [-0.25, -0.2) is 4.89 Å². The summed E-state index contributed by atoms with van der Waals surface area (Å²) in [6.07, 6.45) is 0.190. The standard InChI is InChI=1S/C3H6O2.C2H6O2/c4-1-3-2-5-3;1-2-4-3/h3-4H,1-2H2;3H,2H2,1H3. The molecule has 4 heteroatoms. The summed E-state index contributed by atoms with van der Waals surface area (Å²) in [6.45, 7) is 3.04. The minimum Gasteiger partial charge on any atom is -0.394 e. The first kappa shape index (κ1) is 8.84. The monoisotopic (exact) mass is 136 g/mol. The fourth-order valence-electron chi connectivity index (χ4n) is 0.173. The molecule has 1 rings (SSSR count). The first-order chi connectivity index (χ1) is 4.35. The Morgan fingerprint density at radius 1 is 1.78 bits per heavy atom. The van der Waals surface area contributed by atoms with E-state index < -0.39 is 0 Å². The summed E-state index contributed by atoms with van der Waals surface area (Å²) in [5, 5.41) is 15.5. The zero-order chi connectivity index (χ0) is 7.11. The van der Waals surface area contributed by atoms with Crippen molar-refractivity contribution in [3.63, 3.8) is 0 Å². The number of hydrogen-bond acceptors (Lipinski definition) is 4. The molecule has 0 bridgehead atoms. The second-order valence-corrected chi connectivity index (χ2v) is 1.56. The highest BCUT2D eigenvalue weighted by molar-refractivity contribution is 4.65. The van der Waals surface area contributed by atoms with Crippen molar-refractivity contribution in [2.75, 3.05) is 19.8 Å². The second kappa shape index (κ2) is 5.97. The molecule has 0 radical (unpaired) electrons. The van der Waals surface area contributed by atoms with Crippen molar-refractivity contribution in [2.24, 2.45) is 0 Å². The maximum atomic E-state index is 8.08. The lowest BCUT2D eigenvalue weighted by molar-refractivity contribution is -0.237. The van der Waals surface area contributed by atoms with E-state index in [1.54, 1.807) is 6.92 Å². The van der Waals surface area contributed by atoms with Gasteiger partial charge in [-0.1, -0.05) is 0 Å². The predicted octanol–water partition coefficient (Wildman–Crippen LogP) is -0.127. The molecule has 1 aliphatic rings. The summed E-state index contributed by atoms with van der Waals surface area (Å²) in [5.41, 5.74) is 0. The SMILES string of the molecule is CCOO.OCC1CO1. The van der Waals surface area contributed by atoms with Crippen molar-refractivity contribution in [1.82, 2.24) is 0 Å². The Kier molecular flexibility index (Phi) is 5.86. The Labute approximate surface area is 53.9 Å². The molecule has 0 spiro atoms. The van der Waals surface area contributed by atoms with Crippen LogP contribution in [0.3, 0.4) is 0 Å². The molecular formula is C5H12O4. The lowest BCUT2D eigenvalue weighted by atomic mass is 10.5. The molecule has 1 atom stereocenters. The summed E-state index contributed by atoms with van der Waals surface area (Å²) in [7, 11) is 0. The smallest absolute Gasteiger partial charge is 0.104 e. The van der Waals surface area contributed by atoms with Gasteiger partial charge in [-0.2, -0.15) is 0 Å². The zero-order valence-electron chi connectivity index (χ0n) is 5.41. The Hall–Kier alpha value is -0.160. The Bertz CT molecular complexity index is 50.9. The number of epoxide rings is 1. The van der Waals surface area contributed by atoms with Crippen LogP contribution in [0.25, 0.3) is 0 Å². The van der Waals surface area contributed by atoms with Crippen molar-refractivity contribution in [1.29, 1.82) is 0 Å². The molecule has 0 saturated carbocycles. The van der Waals surface area contributed by atoms with E-state index in [0.717, 1.165) is 6.61 Å². The highest BCUT2D eigenvalue weighted by Gasteiger charge is 2.19.